The molecule has 0 spiro atoms. The van der Waals surface area contributed by atoms with Crippen molar-refractivity contribution in [3.05, 3.63) is 0 Å². The van der Waals surface area contributed by atoms with E-state index in [4.69, 9.17) is 4.74 Å². The zero-order chi connectivity index (χ0) is 16.8. The monoisotopic (exact) mass is 302 g/mol. The second-order valence-corrected chi connectivity index (χ2v) is 7.80. The molecule has 5 nitrogen and oxygen atoms in total. The molecule has 0 saturated carbocycles. The van der Waals surface area contributed by atoms with E-state index in [1.54, 1.807) is 11.9 Å². The molecule has 0 unspecified atom stereocenters. The van der Waals surface area contributed by atoms with E-state index in [9.17, 15) is 9.90 Å². The molecule has 1 atom stereocenters. The SMILES string of the molecule is CN(CCCN(C)[C@@H](CO)C(C)(C)C)C(=O)OC(C)(C)C. The minimum atomic E-state index is -0.462. The van der Waals surface area contributed by atoms with Crippen LogP contribution in [0.3, 0.4) is 0 Å². The number of hydrogen-bond acceptors (Lipinski definition) is 4. The van der Waals surface area contributed by atoms with Crippen LogP contribution in [0.25, 0.3) is 0 Å². The number of aliphatic hydroxyl groups excluding tert-OH is 1. The average Bonchev–Trinajstić information content (AvgIpc) is 2.25. The molecule has 21 heavy (non-hydrogen) atoms. The van der Waals surface area contributed by atoms with Crippen LogP contribution in [-0.2, 0) is 4.74 Å². The normalized spacial score (nSPS) is 14.2. The molecule has 0 saturated heterocycles. The summed E-state index contributed by atoms with van der Waals surface area (Å²) in [6.07, 6.45) is 0.554. The number of ether oxygens (including phenoxy) is 1. The Morgan fingerprint density at radius 1 is 1.10 bits per heavy atom. The van der Waals surface area contributed by atoms with Gasteiger partial charge in [0.15, 0.2) is 0 Å². The van der Waals surface area contributed by atoms with Crippen molar-refractivity contribution in [1.29, 1.82) is 0 Å². The molecule has 1 amide bonds. The lowest BCUT2D eigenvalue weighted by Crippen LogP contribution is -2.45. The smallest absolute Gasteiger partial charge is 0.410 e. The van der Waals surface area contributed by atoms with Crippen LogP contribution < -0.4 is 0 Å². The van der Waals surface area contributed by atoms with Crippen molar-refractivity contribution >= 4 is 6.09 Å². The van der Waals surface area contributed by atoms with Gasteiger partial charge in [-0.2, -0.15) is 0 Å². The largest absolute Gasteiger partial charge is 0.444 e. The molecule has 0 aromatic carbocycles. The lowest BCUT2D eigenvalue weighted by Gasteiger charge is -2.37. The Balaban J connectivity index is 4.22. The highest BCUT2D eigenvalue weighted by Crippen LogP contribution is 2.23. The van der Waals surface area contributed by atoms with E-state index < -0.39 is 5.60 Å². The van der Waals surface area contributed by atoms with Gasteiger partial charge in [0, 0.05) is 19.6 Å². The third-order valence-corrected chi connectivity index (χ3v) is 3.41. The van der Waals surface area contributed by atoms with Crippen LogP contribution in [0.5, 0.6) is 0 Å². The minimum Gasteiger partial charge on any atom is -0.444 e. The van der Waals surface area contributed by atoms with E-state index in [1.165, 1.54) is 0 Å². The van der Waals surface area contributed by atoms with Crippen molar-refractivity contribution in [2.75, 3.05) is 33.8 Å². The predicted octanol–water partition coefficient (Wildman–Crippen LogP) is 2.58. The van der Waals surface area contributed by atoms with E-state index in [0.717, 1.165) is 13.0 Å². The maximum absolute atomic E-state index is 11.8. The van der Waals surface area contributed by atoms with Crippen molar-refractivity contribution in [2.45, 2.75) is 59.6 Å². The van der Waals surface area contributed by atoms with Crippen molar-refractivity contribution < 1.29 is 14.6 Å². The van der Waals surface area contributed by atoms with Crippen molar-refractivity contribution in [3.63, 3.8) is 0 Å². The van der Waals surface area contributed by atoms with E-state index in [2.05, 4.69) is 25.7 Å². The molecule has 0 heterocycles. The molecule has 0 aliphatic heterocycles. The van der Waals surface area contributed by atoms with Gasteiger partial charge in [-0.1, -0.05) is 20.8 Å². The molecule has 126 valence electrons. The summed E-state index contributed by atoms with van der Waals surface area (Å²) in [5.41, 5.74) is -0.434. The number of carbonyl (C=O) groups is 1. The first-order valence-corrected chi connectivity index (χ1v) is 7.63. The quantitative estimate of drug-likeness (QED) is 0.819. The summed E-state index contributed by atoms with van der Waals surface area (Å²) >= 11 is 0. The summed E-state index contributed by atoms with van der Waals surface area (Å²) < 4.78 is 5.31. The second-order valence-electron chi connectivity index (χ2n) is 7.80. The molecule has 0 aliphatic carbocycles. The third kappa shape index (κ3) is 8.27. The summed E-state index contributed by atoms with van der Waals surface area (Å²) in [7, 11) is 3.76. The Morgan fingerprint density at radius 3 is 2.00 bits per heavy atom. The molecule has 0 rings (SSSR count). The van der Waals surface area contributed by atoms with Gasteiger partial charge in [-0.25, -0.2) is 4.79 Å². The van der Waals surface area contributed by atoms with Crippen LogP contribution in [0.4, 0.5) is 4.79 Å². The average molecular weight is 302 g/mol. The maximum Gasteiger partial charge on any atom is 0.410 e. The molecule has 0 aromatic rings. The van der Waals surface area contributed by atoms with E-state index in [0.29, 0.717) is 6.54 Å². The van der Waals surface area contributed by atoms with Crippen LogP contribution in [0.1, 0.15) is 48.0 Å². The third-order valence-electron chi connectivity index (χ3n) is 3.41. The van der Waals surface area contributed by atoms with Crippen LogP contribution in [0.2, 0.25) is 0 Å². The van der Waals surface area contributed by atoms with Crippen LogP contribution >= 0.6 is 0 Å². The Morgan fingerprint density at radius 2 is 1.62 bits per heavy atom. The molecule has 5 heteroatoms. The van der Waals surface area contributed by atoms with E-state index in [-0.39, 0.29) is 24.2 Å². The number of aliphatic hydroxyl groups is 1. The first-order valence-electron chi connectivity index (χ1n) is 7.63. The van der Waals surface area contributed by atoms with E-state index in [1.807, 2.05) is 27.8 Å². The van der Waals surface area contributed by atoms with Gasteiger partial charge in [-0.05, 0) is 46.2 Å². The van der Waals surface area contributed by atoms with Crippen LogP contribution in [0, 0.1) is 5.41 Å². The first-order chi connectivity index (χ1) is 9.38. The first kappa shape index (κ1) is 20.2. The topological polar surface area (TPSA) is 53.0 Å². The fourth-order valence-electron chi connectivity index (χ4n) is 2.22. The number of hydrogen-bond donors (Lipinski definition) is 1. The standard InChI is InChI=1S/C16H34N2O3/c1-15(2,3)13(12-19)17(7)10-9-11-18(8)14(20)21-16(4,5)6/h13,19H,9-12H2,1-8H3/t13-/m0/s1. The molecule has 0 aromatic heterocycles. The number of nitrogens with zero attached hydrogens (tertiary/aromatic N) is 2. The summed E-state index contributed by atoms with van der Waals surface area (Å²) in [5.74, 6) is 0. The van der Waals surface area contributed by atoms with Crippen LogP contribution in [-0.4, -0.2) is 66.4 Å². The zero-order valence-electron chi connectivity index (χ0n) is 15.1. The van der Waals surface area contributed by atoms with Gasteiger partial charge in [0.25, 0.3) is 0 Å². The summed E-state index contributed by atoms with van der Waals surface area (Å²) in [6, 6.07) is 0.115. The van der Waals surface area contributed by atoms with Gasteiger partial charge in [-0.15, -0.1) is 0 Å². The van der Waals surface area contributed by atoms with Gasteiger partial charge < -0.3 is 19.6 Å². The Labute approximate surface area is 130 Å². The number of carbonyl (C=O) groups excluding carboxylic acids is 1. The summed E-state index contributed by atoms with van der Waals surface area (Å²) in [4.78, 5) is 15.6. The predicted molar refractivity (Wildman–Crippen MR) is 86.4 cm³/mol. The lowest BCUT2D eigenvalue weighted by molar-refractivity contribution is 0.0276. The van der Waals surface area contributed by atoms with Gasteiger partial charge in [0.1, 0.15) is 5.60 Å². The second kappa shape index (κ2) is 7.99. The number of rotatable bonds is 6. The van der Waals surface area contributed by atoms with Gasteiger partial charge >= 0.3 is 6.09 Å². The molecule has 1 N–H and O–H groups in total. The molecule has 0 radical (unpaired) electrons. The van der Waals surface area contributed by atoms with Crippen molar-refractivity contribution in [2.24, 2.45) is 5.41 Å². The lowest BCUT2D eigenvalue weighted by atomic mass is 9.86. The van der Waals surface area contributed by atoms with Crippen molar-refractivity contribution in [1.82, 2.24) is 9.80 Å². The minimum absolute atomic E-state index is 0.0283. The molecular formula is C16H34N2O3. The summed E-state index contributed by atoms with van der Waals surface area (Å²) in [5, 5.41) is 9.53. The highest BCUT2D eigenvalue weighted by atomic mass is 16.6. The molecule has 0 bridgehead atoms. The molecule has 0 fully saturated rings. The number of amides is 1. The highest BCUT2D eigenvalue weighted by Gasteiger charge is 2.27. The number of likely N-dealkylation sites (N-methyl/N-ethyl adjacent to an activating group) is 1. The Hall–Kier alpha value is -0.810. The van der Waals surface area contributed by atoms with Crippen LogP contribution in [0.15, 0.2) is 0 Å². The fraction of sp³-hybridized carbons (Fsp3) is 0.938. The molecule has 0 aliphatic rings. The summed E-state index contributed by atoms with van der Waals surface area (Å²) in [6.45, 7) is 13.6. The maximum atomic E-state index is 11.8. The Bertz CT molecular complexity index is 318. The van der Waals surface area contributed by atoms with Gasteiger partial charge in [0.05, 0.1) is 6.61 Å². The Kier molecular flexibility index (Phi) is 7.68. The molecular weight excluding hydrogens is 268 g/mol. The van der Waals surface area contributed by atoms with Gasteiger partial charge in [-0.3, -0.25) is 0 Å². The fourth-order valence-corrected chi connectivity index (χ4v) is 2.22. The van der Waals surface area contributed by atoms with Gasteiger partial charge in [0.2, 0.25) is 0 Å². The zero-order valence-corrected chi connectivity index (χ0v) is 15.1. The highest BCUT2D eigenvalue weighted by molar-refractivity contribution is 5.67. The van der Waals surface area contributed by atoms with E-state index >= 15 is 0 Å². The van der Waals surface area contributed by atoms with Crippen molar-refractivity contribution in [3.8, 4) is 0 Å².